The number of nitrogens with zero attached hydrogens (tertiary/aromatic N) is 2. The molecule has 0 unspecified atom stereocenters. The molecule has 2 aliphatic rings. The Labute approximate surface area is 144 Å². The first-order chi connectivity index (χ1) is 11.7. The third kappa shape index (κ3) is 1.91. The van der Waals surface area contributed by atoms with E-state index in [0.717, 1.165) is 30.5 Å². The molecular formula is C22H25N2+. The molecule has 2 heteroatoms. The van der Waals surface area contributed by atoms with Crippen LogP contribution in [0.1, 0.15) is 30.9 Å². The molecule has 0 atom stereocenters. The molecule has 2 aliphatic heterocycles. The predicted octanol–water partition coefficient (Wildman–Crippen LogP) is 4.13. The molecule has 2 aromatic carbocycles. The maximum absolute atomic E-state index is 10.6. The molecule has 0 amide bonds. The van der Waals surface area contributed by atoms with Gasteiger partial charge in [0.05, 0.1) is 37.7 Å². The summed E-state index contributed by atoms with van der Waals surface area (Å²) in [7, 11) is 0. The molecule has 0 radical (unpaired) electrons. The fourth-order valence-corrected chi connectivity index (χ4v) is 5.42. The SMILES string of the molecule is CC[N+]12CCC(C(C#N)(c3ccccc3)c3ccccc3)(CC1)C2. The first kappa shape index (κ1) is 15.4. The lowest BCUT2D eigenvalue weighted by Gasteiger charge is -2.41. The van der Waals surface area contributed by atoms with Gasteiger partial charge in [0.2, 0.25) is 0 Å². The van der Waals surface area contributed by atoms with Crippen molar-refractivity contribution in [1.82, 2.24) is 0 Å². The van der Waals surface area contributed by atoms with E-state index in [2.05, 4.69) is 61.5 Å². The molecule has 2 heterocycles. The van der Waals surface area contributed by atoms with Crippen molar-refractivity contribution in [2.24, 2.45) is 5.41 Å². The summed E-state index contributed by atoms with van der Waals surface area (Å²) in [6.45, 7) is 7.08. The number of rotatable bonds is 4. The molecule has 0 aromatic heterocycles. The number of fused-ring (bicyclic) bond motifs is 2. The van der Waals surface area contributed by atoms with Gasteiger partial charge in [0.1, 0.15) is 5.41 Å². The Morgan fingerprint density at radius 1 is 0.958 bits per heavy atom. The summed E-state index contributed by atoms with van der Waals surface area (Å²) < 4.78 is 1.20. The molecule has 122 valence electrons. The molecule has 24 heavy (non-hydrogen) atoms. The van der Waals surface area contributed by atoms with Gasteiger partial charge >= 0.3 is 0 Å². The first-order valence-corrected chi connectivity index (χ1v) is 9.08. The topological polar surface area (TPSA) is 23.8 Å². The zero-order chi connectivity index (χ0) is 16.7. The van der Waals surface area contributed by atoms with E-state index in [1.165, 1.54) is 24.1 Å². The number of quaternary nitrogens is 1. The van der Waals surface area contributed by atoms with E-state index in [1.54, 1.807) is 0 Å². The third-order valence-corrected chi connectivity index (χ3v) is 6.82. The van der Waals surface area contributed by atoms with Crippen LogP contribution in [0.2, 0.25) is 0 Å². The Hall–Kier alpha value is -2.11. The van der Waals surface area contributed by atoms with Crippen LogP contribution in [0.3, 0.4) is 0 Å². The lowest BCUT2D eigenvalue weighted by Crippen LogP contribution is -2.45. The summed E-state index contributed by atoms with van der Waals surface area (Å²) in [5, 5.41) is 10.6. The lowest BCUT2D eigenvalue weighted by atomic mass is 9.56. The zero-order valence-electron chi connectivity index (χ0n) is 14.4. The highest BCUT2D eigenvalue weighted by Gasteiger charge is 2.65. The number of nitriles is 1. The van der Waals surface area contributed by atoms with Gasteiger partial charge < -0.3 is 4.48 Å². The van der Waals surface area contributed by atoms with Gasteiger partial charge in [-0.05, 0) is 18.1 Å². The average Bonchev–Trinajstić information content (AvgIpc) is 3.23. The fraction of sp³-hybridized carbons (Fsp3) is 0.409. The molecule has 2 nitrogen and oxygen atoms in total. The largest absolute Gasteiger partial charge is 0.323 e. The van der Waals surface area contributed by atoms with Crippen molar-refractivity contribution >= 4 is 0 Å². The van der Waals surface area contributed by atoms with Crippen molar-refractivity contribution in [2.45, 2.75) is 25.2 Å². The van der Waals surface area contributed by atoms with E-state index >= 15 is 0 Å². The van der Waals surface area contributed by atoms with Crippen LogP contribution in [-0.4, -0.2) is 30.7 Å². The van der Waals surface area contributed by atoms with E-state index < -0.39 is 5.41 Å². The molecule has 0 saturated carbocycles. The van der Waals surface area contributed by atoms with E-state index in [4.69, 9.17) is 0 Å². The second-order valence-corrected chi connectivity index (χ2v) is 7.64. The minimum Gasteiger partial charge on any atom is -0.323 e. The number of hydrogen-bond donors (Lipinski definition) is 0. The van der Waals surface area contributed by atoms with Gasteiger partial charge in [-0.3, -0.25) is 0 Å². The minimum atomic E-state index is -0.540. The number of hydrogen-bond acceptors (Lipinski definition) is 1. The van der Waals surface area contributed by atoms with E-state index in [-0.39, 0.29) is 5.41 Å². The fourth-order valence-electron chi connectivity index (χ4n) is 5.42. The van der Waals surface area contributed by atoms with Crippen molar-refractivity contribution in [1.29, 1.82) is 5.26 Å². The van der Waals surface area contributed by atoms with E-state index in [1.807, 2.05) is 12.1 Å². The van der Waals surface area contributed by atoms with E-state index in [9.17, 15) is 5.26 Å². The smallest absolute Gasteiger partial charge is 0.118 e. The monoisotopic (exact) mass is 317 g/mol. The summed E-state index contributed by atoms with van der Waals surface area (Å²) in [6, 6.07) is 23.9. The van der Waals surface area contributed by atoms with Gasteiger partial charge in [-0.2, -0.15) is 5.26 Å². The average molecular weight is 317 g/mol. The van der Waals surface area contributed by atoms with Crippen LogP contribution in [0.15, 0.2) is 60.7 Å². The van der Waals surface area contributed by atoms with Crippen LogP contribution < -0.4 is 0 Å². The van der Waals surface area contributed by atoms with Crippen LogP contribution in [0, 0.1) is 16.7 Å². The molecule has 2 bridgehead atoms. The Bertz CT molecular complexity index is 710. The van der Waals surface area contributed by atoms with Crippen molar-refractivity contribution in [3.05, 3.63) is 71.8 Å². The van der Waals surface area contributed by atoms with Crippen molar-refractivity contribution < 1.29 is 4.48 Å². The molecule has 2 aromatic rings. The Balaban J connectivity index is 1.95. The van der Waals surface area contributed by atoms with Crippen LogP contribution in [0.5, 0.6) is 0 Å². The van der Waals surface area contributed by atoms with Gasteiger partial charge in [-0.1, -0.05) is 60.7 Å². The van der Waals surface area contributed by atoms with Crippen LogP contribution in [0.25, 0.3) is 0 Å². The number of piperidine rings is 1. The van der Waals surface area contributed by atoms with Gasteiger partial charge in [0.25, 0.3) is 0 Å². The lowest BCUT2D eigenvalue weighted by molar-refractivity contribution is -0.907. The molecular weight excluding hydrogens is 292 g/mol. The molecule has 0 spiro atoms. The zero-order valence-corrected chi connectivity index (χ0v) is 14.4. The third-order valence-electron chi connectivity index (χ3n) is 6.82. The van der Waals surface area contributed by atoms with Gasteiger partial charge in [0.15, 0.2) is 0 Å². The molecule has 0 aliphatic carbocycles. The predicted molar refractivity (Wildman–Crippen MR) is 96.3 cm³/mol. The van der Waals surface area contributed by atoms with Crippen molar-refractivity contribution in [3.63, 3.8) is 0 Å². The molecule has 2 saturated heterocycles. The summed E-state index contributed by atoms with van der Waals surface area (Å²) in [5.74, 6) is 0. The summed E-state index contributed by atoms with van der Waals surface area (Å²) in [6.07, 6.45) is 2.30. The van der Waals surface area contributed by atoms with Crippen LogP contribution in [0.4, 0.5) is 0 Å². The maximum atomic E-state index is 10.6. The minimum absolute atomic E-state index is 0.0560. The van der Waals surface area contributed by atoms with Gasteiger partial charge in [-0.15, -0.1) is 0 Å². The standard InChI is InChI=1S/C22H25N2/c1-2-24-15-13-21(18-24,14-16-24)22(17-23,19-9-5-3-6-10-19)20-11-7-4-8-12-20/h3-12H,2,13-16,18H2,1H3/q+1. The number of benzene rings is 2. The normalized spacial score (nSPS) is 28.7. The molecule has 0 N–H and O–H groups in total. The Kier molecular flexibility index (Phi) is 3.51. The summed E-state index contributed by atoms with van der Waals surface area (Å²) >= 11 is 0. The second kappa shape index (κ2) is 5.46. The van der Waals surface area contributed by atoms with Gasteiger partial charge in [0, 0.05) is 12.8 Å². The highest BCUT2D eigenvalue weighted by molar-refractivity contribution is 5.49. The summed E-state index contributed by atoms with van der Waals surface area (Å²) in [5.41, 5.74) is 1.84. The second-order valence-electron chi connectivity index (χ2n) is 7.64. The van der Waals surface area contributed by atoms with Crippen LogP contribution >= 0.6 is 0 Å². The molecule has 2 fully saturated rings. The van der Waals surface area contributed by atoms with E-state index in [0.29, 0.717) is 0 Å². The van der Waals surface area contributed by atoms with Crippen LogP contribution in [-0.2, 0) is 5.41 Å². The van der Waals surface area contributed by atoms with Gasteiger partial charge in [-0.25, -0.2) is 0 Å². The quantitative estimate of drug-likeness (QED) is 0.778. The highest BCUT2D eigenvalue weighted by Crippen LogP contribution is 2.59. The maximum Gasteiger partial charge on any atom is 0.118 e. The van der Waals surface area contributed by atoms with Crippen molar-refractivity contribution in [3.8, 4) is 6.07 Å². The molecule has 4 rings (SSSR count). The first-order valence-electron chi connectivity index (χ1n) is 9.08. The summed E-state index contributed by atoms with van der Waals surface area (Å²) in [4.78, 5) is 0. The Morgan fingerprint density at radius 3 is 1.83 bits per heavy atom. The van der Waals surface area contributed by atoms with Crippen molar-refractivity contribution in [2.75, 3.05) is 26.2 Å². The Morgan fingerprint density at radius 2 is 1.46 bits per heavy atom. The highest BCUT2D eigenvalue weighted by atomic mass is 15.4.